The fourth-order valence-electron chi connectivity index (χ4n) is 2.89. The van der Waals surface area contributed by atoms with Crippen LogP contribution in [0.3, 0.4) is 0 Å². The number of benzene rings is 2. The second-order valence-corrected chi connectivity index (χ2v) is 7.64. The SMILES string of the molecule is CCCOC(=O)N(C)Cc1ccc(-c2ccc([C@@H](C)OC(=O)NC(C)C)cc2)cc1. The lowest BCUT2D eigenvalue weighted by Crippen LogP contribution is -2.31. The molecule has 2 amide bonds. The maximum Gasteiger partial charge on any atom is 0.409 e. The van der Waals surface area contributed by atoms with Gasteiger partial charge in [0.05, 0.1) is 6.61 Å². The predicted molar refractivity (Wildman–Crippen MR) is 118 cm³/mol. The van der Waals surface area contributed by atoms with E-state index in [0.29, 0.717) is 13.2 Å². The van der Waals surface area contributed by atoms with Crippen molar-refractivity contribution in [2.75, 3.05) is 13.7 Å². The molecule has 0 fully saturated rings. The van der Waals surface area contributed by atoms with Crippen LogP contribution in [0.5, 0.6) is 0 Å². The number of amides is 2. The smallest absolute Gasteiger partial charge is 0.409 e. The lowest BCUT2D eigenvalue weighted by molar-refractivity contribution is 0.105. The molecule has 0 aliphatic heterocycles. The zero-order chi connectivity index (χ0) is 22.1. The van der Waals surface area contributed by atoms with Crippen LogP contribution in [-0.2, 0) is 16.0 Å². The largest absolute Gasteiger partial charge is 0.449 e. The molecule has 0 saturated carbocycles. The molecular formula is C24H32N2O4. The number of carbonyl (C=O) groups excluding carboxylic acids is 2. The van der Waals surface area contributed by atoms with Gasteiger partial charge in [0, 0.05) is 19.6 Å². The van der Waals surface area contributed by atoms with Gasteiger partial charge in [-0.05, 0) is 49.4 Å². The summed E-state index contributed by atoms with van der Waals surface area (Å²) in [7, 11) is 1.73. The van der Waals surface area contributed by atoms with E-state index in [-0.39, 0.29) is 18.2 Å². The first kappa shape index (κ1) is 23.3. The molecule has 0 aliphatic rings. The average molecular weight is 413 g/mol. The predicted octanol–water partition coefficient (Wildman–Crippen LogP) is 5.53. The Morgan fingerprint density at radius 3 is 2.07 bits per heavy atom. The minimum atomic E-state index is -0.416. The molecule has 30 heavy (non-hydrogen) atoms. The summed E-state index contributed by atoms with van der Waals surface area (Å²) in [6.07, 6.45) is -0.248. The number of nitrogens with one attached hydrogen (secondary N) is 1. The lowest BCUT2D eigenvalue weighted by Gasteiger charge is -2.17. The highest BCUT2D eigenvalue weighted by Crippen LogP contribution is 2.24. The number of nitrogens with zero attached hydrogens (tertiary/aromatic N) is 1. The second kappa shape index (κ2) is 11.2. The van der Waals surface area contributed by atoms with Crippen molar-refractivity contribution in [3.05, 3.63) is 59.7 Å². The first-order chi connectivity index (χ1) is 14.3. The number of hydrogen-bond acceptors (Lipinski definition) is 4. The van der Waals surface area contributed by atoms with Crippen LogP contribution in [0.15, 0.2) is 48.5 Å². The lowest BCUT2D eigenvalue weighted by atomic mass is 10.0. The van der Waals surface area contributed by atoms with Crippen LogP contribution in [0.4, 0.5) is 9.59 Å². The summed E-state index contributed by atoms with van der Waals surface area (Å²) >= 11 is 0. The van der Waals surface area contributed by atoms with Crippen molar-refractivity contribution in [1.29, 1.82) is 0 Å². The third kappa shape index (κ3) is 7.10. The monoisotopic (exact) mass is 412 g/mol. The van der Waals surface area contributed by atoms with Gasteiger partial charge in [-0.2, -0.15) is 0 Å². The topological polar surface area (TPSA) is 67.9 Å². The van der Waals surface area contributed by atoms with E-state index in [1.54, 1.807) is 11.9 Å². The molecule has 162 valence electrons. The highest BCUT2D eigenvalue weighted by molar-refractivity contribution is 5.68. The highest BCUT2D eigenvalue weighted by Gasteiger charge is 2.13. The molecule has 2 aromatic carbocycles. The number of carbonyl (C=O) groups is 2. The summed E-state index contributed by atoms with van der Waals surface area (Å²) in [5, 5.41) is 2.72. The maximum atomic E-state index is 11.9. The Bertz CT molecular complexity index is 816. The second-order valence-electron chi connectivity index (χ2n) is 7.64. The number of alkyl carbamates (subject to hydrolysis) is 1. The van der Waals surface area contributed by atoms with Crippen LogP contribution in [0.25, 0.3) is 11.1 Å². The molecule has 0 radical (unpaired) electrons. The highest BCUT2D eigenvalue weighted by atomic mass is 16.6. The summed E-state index contributed by atoms with van der Waals surface area (Å²) in [6, 6.07) is 16.1. The summed E-state index contributed by atoms with van der Waals surface area (Å²) in [5.74, 6) is 0. The summed E-state index contributed by atoms with van der Waals surface area (Å²) < 4.78 is 10.5. The Hall–Kier alpha value is -3.02. The van der Waals surface area contributed by atoms with Gasteiger partial charge < -0.3 is 19.7 Å². The molecule has 0 aliphatic carbocycles. The fourth-order valence-corrected chi connectivity index (χ4v) is 2.89. The number of rotatable bonds is 8. The van der Waals surface area contributed by atoms with Crippen LogP contribution in [0, 0.1) is 0 Å². The Balaban J connectivity index is 1.96. The van der Waals surface area contributed by atoms with Gasteiger partial charge in [-0.25, -0.2) is 9.59 Å². The minimum Gasteiger partial charge on any atom is -0.449 e. The molecule has 2 rings (SSSR count). The Morgan fingerprint density at radius 2 is 1.53 bits per heavy atom. The van der Waals surface area contributed by atoms with Gasteiger partial charge in [0.2, 0.25) is 0 Å². The molecule has 2 aromatic rings. The molecule has 0 heterocycles. The van der Waals surface area contributed by atoms with Crippen molar-refractivity contribution >= 4 is 12.2 Å². The van der Waals surface area contributed by atoms with Gasteiger partial charge >= 0.3 is 12.2 Å². The Labute approximate surface area is 179 Å². The molecule has 0 saturated heterocycles. The first-order valence-corrected chi connectivity index (χ1v) is 10.3. The van der Waals surface area contributed by atoms with Crippen LogP contribution >= 0.6 is 0 Å². The van der Waals surface area contributed by atoms with Crippen LogP contribution in [-0.4, -0.2) is 36.8 Å². The van der Waals surface area contributed by atoms with E-state index in [1.807, 2.05) is 76.2 Å². The molecule has 0 bridgehead atoms. The molecule has 0 aromatic heterocycles. The van der Waals surface area contributed by atoms with Gasteiger partial charge in [-0.1, -0.05) is 55.5 Å². The van der Waals surface area contributed by atoms with Crippen LogP contribution in [0.2, 0.25) is 0 Å². The zero-order valence-corrected chi connectivity index (χ0v) is 18.5. The Kier molecular flexibility index (Phi) is 8.71. The van der Waals surface area contributed by atoms with E-state index in [9.17, 15) is 9.59 Å². The minimum absolute atomic E-state index is 0.0387. The number of ether oxygens (including phenoxy) is 2. The molecule has 1 atom stereocenters. The van der Waals surface area contributed by atoms with Gasteiger partial charge in [0.15, 0.2) is 0 Å². The molecule has 0 unspecified atom stereocenters. The van der Waals surface area contributed by atoms with Gasteiger partial charge in [0.25, 0.3) is 0 Å². The first-order valence-electron chi connectivity index (χ1n) is 10.3. The Morgan fingerprint density at radius 1 is 0.967 bits per heavy atom. The van der Waals surface area contributed by atoms with Gasteiger partial charge in [0.1, 0.15) is 6.10 Å². The van der Waals surface area contributed by atoms with Crippen molar-refractivity contribution in [3.63, 3.8) is 0 Å². The summed E-state index contributed by atoms with van der Waals surface area (Å²) in [4.78, 5) is 25.2. The molecular weight excluding hydrogens is 380 g/mol. The normalized spacial score (nSPS) is 11.7. The van der Waals surface area contributed by atoms with Crippen molar-refractivity contribution < 1.29 is 19.1 Å². The van der Waals surface area contributed by atoms with Crippen molar-refractivity contribution in [1.82, 2.24) is 10.2 Å². The fraction of sp³-hybridized carbons (Fsp3) is 0.417. The summed E-state index contributed by atoms with van der Waals surface area (Å²) in [6.45, 7) is 8.53. The van der Waals surface area contributed by atoms with Crippen LogP contribution < -0.4 is 5.32 Å². The van der Waals surface area contributed by atoms with E-state index in [1.165, 1.54) is 0 Å². The third-order valence-electron chi connectivity index (χ3n) is 4.52. The van der Waals surface area contributed by atoms with E-state index < -0.39 is 6.09 Å². The molecule has 6 nitrogen and oxygen atoms in total. The third-order valence-corrected chi connectivity index (χ3v) is 4.52. The van der Waals surface area contributed by atoms with Crippen molar-refractivity contribution in [2.24, 2.45) is 0 Å². The standard InChI is InChI=1S/C24H32N2O4/c1-6-15-29-24(28)26(5)16-19-7-9-21(10-8-19)22-13-11-20(12-14-22)18(4)30-23(27)25-17(2)3/h7-14,17-18H,6,15-16H2,1-5H3,(H,25,27)/t18-/m1/s1. The zero-order valence-electron chi connectivity index (χ0n) is 18.5. The van der Waals surface area contributed by atoms with E-state index in [2.05, 4.69) is 5.32 Å². The molecule has 1 N–H and O–H groups in total. The van der Waals surface area contributed by atoms with Gasteiger partial charge in [-0.15, -0.1) is 0 Å². The van der Waals surface area contributed by atoms with E-state index in [0.717, 1.165) is 28.7 Å². The van der Waals surface area contributed by atoms with E-state index >= 15 is 0 Å². The maximum absolute atomic E-state index is 11.9. The van der Waals surface area contributed by atoms with Crippen molar-refractivity contribution in [2.45, 2.75) is 52.8 Å². The van der Waals surface area contributed by atoms with Crippen LogP contribution in [0.1, 0.15) is 51.3 Å². The van der Waals surface area contributed by atoms with Crippen molar-refractivity contribution in [3.8, 4) is 11.1 Å². The van der Waals surface area contributed by atoms with Gasteiger partial charge in [-0.3, -0.25) is 0 Å². The quantitative estimate of drug-likeness (QED) is 0.619. The molecule has 0 spiro atoms. The van der Waals surface area contributed by atoms with E-state index in [4.69, 9.17) is 9.47 Å². The summed E-state index contributed by atoms with van der Waals surface area (Å²) in [5.41, 5.74) is 4.11. The average Bonchev–Trinajstić information content (AvgIpc) is 2.72. The molecule has 6 heteroatoms. The number of hydrogen-bond donors (Lipinski definition) is 1.